The van der Waals surface area contributed by atoms with Gasteiger partial charge in [-0.1, -0.05) is 41.6 Å². The van der Waals surface area contributed by atoms with Crippen LogP contribution in [0.25, 0.3) is 0 Å². The summed E-state index contributed by atoms with van der Waals surface area (Å²) in [6.45, 7) is -0.0781. The SMILES string of the molecule is O=S(=O)(c1ccccc1OC(F)(F)F)N1CCC(=NOC(c2ccc(F)cc2)c2ccc(F)cc2)CC1. The Morgan fingerprint density at radius 1 is 0.811 bits per heavy atom. The predicted octanol–water partition coefficient (Wildman–Crippen LogP) is 5.81. The fraction of sp³-hybridized carbons (Fsp3) is 0.240. The van der Waals surface area contributed by atoms with Gasteiger partial charge in [-0.2, -0.15) is 4.31 Å². The number of sulfonamides is 1. The molecular weight excluding hydrogens is 519 g/mol. The van der Waals surface area contributed by atoms with Crippen LogP contribution in [0.4, 0.5) is 22.0 Å². The van der Waals surface area contributed by atoms with E-state index in [4.69, 9.17) is 4.84 Å². The largest absolute Gasteiger partial charge is 0.573 e. The average molecular weight is 541 g/mol. The van der Waals surface area contributed by atoms with Crippen LogP contribution in [0, 0.1) is 11.6 Å². The molecule has 37 heavy (non-hydrogen) atoms. The zero-order valence-corrected chi connectivity index (χ0v) is 20.0. The lowest BCUT2D eigenvalue weighted by Crippen LogP contribution is -2.39. The number of hydrogen-bond donors (Lipinski definition) is 0. The number of piperidine rings is 1. The molecule has 0 amide bonds. The zero-order chi connectivity index (χ0) is 26.6. The first-order valence-corrected chi connectivity index (χ1v) is 12.5. The normalized spacial score (nSPS) is 15.0. The van der Waals surface area contributed by atoms with E-state index < -0.39 is 44.8 Å². The van der Waals surface area contributed by atoms with Crippen molar-refractivity contribution in [2.45, 2.75) is 30.2 Å². The highest BCUT2D eigenvalue weighted by molar-refractivity contribution is 7.89. The minimum atomic E-state index is -5.05. The van der Waals surface area contributed by atoms with E-state index in [0.717, 1.165) is 16.4 Å². The van der Waals surface area contributed by atoms with Crippen LogP contribution in [0.1, 0.15) is 30.1 Å². The van der Waals surface area contributed by atoms with Gasteiger partial charge in [0.25, 0.3) is 0 Å². The Balaban J connectivity index is 1.49. The first kappa shape index (κ1) is 26.6. The highest BCUT2D eigenvalue weighted by Crippen LogP contribution is 2.32. The summed E-state index contributed by atoms with van der Waals surface area (Å²) in [4.78, 5) is 5.16. The standard InChI is InChI=1S/C25H21F5N2O4S/c26-19-9-5-17(6-10-19)24(18-7-11-20(27)12-8-18)36-31-21-13-15-32(16-14-21)37(33,34)23-4-2-1-3-22(23)35-25(28,29)30/h1-12,24H,13-16H2. The van der Waals surface area contributed by atoms with Crippen molar-refractivity contribution in [2.75, 3.05) is 13.1 Å². The van der Waals surface area contributed by atoms with E-state index >= 15 is 0 Å². The smallest absolute Gasteiger partial charge is 0.404 e. The molecule has 0 N–H and O–H groups in total. The lowest BCUT2D eigenvalue weighted by atomic mass is 10.0. The number of ether oxygens (including phenoxy) is 1. The molecule has 4 rings (SSSR count). The van der Waals surface area contributed by atoms with E-state index in [-0.39, 0.29) is 25.9 Å². The lowest BCUT2D eigenvalue weighted by molar-refractivity contribution is -0.275. The van der Waals surface area contributed by atoms with Gasteiger partial charge < -0.3 is 9.57 Å². The van der Waals surface area contributed by atoms with Crippen molar-refractivity contribution in [3.63, 3.8) is 0 Å². The molecule has 12 heteroatoms. The van der Waals surface area contributed by atoms with Crippen LogP contribution in [-0.2, 0) is 14.9 Å². The van der Waals surface area contributed by atoms with Crippen LogP contribution in [0.5, 0.6) is 5.75 Å². The molecular formula is C25H21F5N2O4S. The molecule has 1 saturated heterocycles. The van der Waals surface area contributed by atoms with Crippen molar-refractivity contribution in [3.05, 3.63) is 95.6 Å². The average Bonchev–Trinajstić information content (AvgIpc) is 2.86. The molecule has 6 nitrogen and oxygen atoms in total. The van der Waals surface area contributed by atoms with E-state index in [0.29, 0.717) is 16.8 Å². The minimum Gasteiger partial charge on any atom is -0.404 e. The van der Waals surface area contributed by atoms with E-state index in [1.165, 1.54) is 60.7 Å². The number of alkyl halides is 3. The number of rotatable bonds is 7. The van der Waals surface area contributed by atoms with Crippen molar-refractivity contribution >= 4 is 15.7 Å². The van der Waals surface area contributed by atoms with Crippen molar-refractivity contribution in [1.82, 2.24) is 4.31 Å². The summed E-state index contributed by atoms with van der Waals surface area (Å²) >= 11 is 0. The van der Waals surface area contributed by atoms with Gasteiger partial charge in [-0.3, -0.25) is 0 Å². The van der Waals surface area contributed by atoms with Crippen LogP contribution in [0.3, 0.4) is 0 Å². The van der Waals surface area contributed by atoms with Crippen LogP contribution in [0.2, 0.25) is 0 Å². The van der Waals surface area contributed by atoms with Crippen LogP contribution in [0.15, 0.2) is 82.8 Å². The van der Waals surface area contributed by atoms with Gasteiger partial charge in [0.05, 0.1) is 5.71 Å². The summed E-state index contributed by atoms with van der Waals surface area (Å²) in [6, 6.07) is 15.6. The maximum absolute atomic E-state index is 13.4. The van der Waals surface area contributed by atoms with E-state index in [2.05, 4.69) is 9.89 Å². The number of para-hydroxylation sites is 1. The fourth-order valence-electron chi connectivity index (χ4n) is 3.80. The molecule has 0 unspecified atom stereocenters. The number of nitrogens with zero attached hydrogens (tertiary/aromatic N) is 2. The van der Waals surface area contributed by atoms with E-state index in [9.17, 15) is 30.4 Å². The number of halogens is 5. The molecule has 0 spiro atoms. The molecule has 0 radical (unpaired) electrons. The minimum absolute atomic E-state index is 0.0390. The molecule has 1 fully saturated rings. The molecule has 0 aromatic heterocycles. The fourth-order valence-corrected chi connectivity index (χ4v) is 5.36. The summed E-state index contributed by atoms with van der Waals surface area (Å²) < 4.78 is 96.1. The molecule has 1 heterocycles. The highest BCUT2D eigenvalue weighted by atomic mass is 32.2. The van der Waals surface area contributed by atoms with Crippen molar-refractivity contribution in [3.8, 4) is 5.75 Å². The molecule has 3 aromatic rings. The van der Waals surface area contributed by atoms with Crippen molar-refractivity contribution in [1.29, 1.82) is 0 Å². The Kier molecular flexibility index (Phi) is 7.79. The topological polar surface area (TPSA) is 68.2 Å². The van der Waals surface area contributed by atoms with Gasteiger partial charge in [-0.25, -0.2) is 17.2 Å². The van der Waals surface area contributed by atoms with Gasteiger partial charge in [-0.05, 0) is 47.5 Å². The van der Waals surface area contributed by atoms with Gasteiger partial charge in [0.2, 0.25) is 10.0 Å². The number of hydrogen-bond acceptors (Lipinski definition) is 5. The van der Waals surface area contributed by atoms with E-state index in [1.807, 2.05) is 0 Å². The molecule has 1 aliphatic heterocycles. The third kappa shape index (κ3) is 6.63. The second kappa shape index (κ2) is 10.9. The van der Waals surface area contributed by atoms with Crippen LogP contribution in [-0.4, -0.2) is 37.9 Å². The Labute approximate surface area is 210 Å². The summed E-state index contributed by atoms with van der Waals surface area (Å²) in [5, 5.41) is 4.17. The Bertz CT molecular complexity index is 1310. The van der Waals surface area contributed by atoms with Gasteiger partial charge in [0.1, 0.15) is 22.3 Å². The van der Waals surface area contributed by atoms with E-state index in [1.54, 1.807) is 0 Å². The summed E-state index contributed by atoms with van der Waals surface area (Å²) in [5.41, 5.74) is 1.66. The summed E-state index contributed by atoms with van der Waals surface area (Å²) in [7, 11) is -4.27. The molecule has 3 aromatic carbocycles. The molecule has 0 atom stereocenters. The van der Waals surface area contributed by atoms with Crippen molar-refractivity contribution < 1.29 is 39.9 Å². The molecule has 0 saturated carbocycles. The second-order valence-electron chi connectivity index (χ2n) is 8.14. The quantitative estimate of drug-likeness (QED) is 0.280. The van der Waals surface area contributed by atoms with Crippen molar-refractivity contribution in [2.24, 2.45) is 5.16 Å². The number of benzene rings is 3. The highest BCUT2D eigenvalue weighted by Gasteiger charge is 2.36. The lowest BCUT2D eigenvalue weighted by Gasteiger charge is -2.27. The van der Waals surface area contributed by atoms with Gasteiger partial charge in [0, 0.05) is 25.9 Å². The second-order valence-corrected chi connectivity index (χ2v) is 10.1. The molecule has 0 bridgehead atoms. The van der Waals surface area contributed by atoms with Gasteiger partial charge in [-0.15, -0.1) is 13.2 Å². The Morgan fingerprint density at radius 2 is 1.32 bits per heavy atom. The van der Waals surface area contributed by atoms with Crippen LogP contribution < -0.4 is 4.74 Å². The number of oxime groups is 1. The summed E-state index contributed by atoms with van der Waals surface area (Å²) in [6.07, 6.45) is -5.49. The molecule has 0 aliphatic carbocycles. The zero-order valence-electron chi connectivity index (χ0n) is 19.2. The van der Waals surface area contributed by atoms with Gasteiger partial charge >= 0.3 is 6.36 Å². The Hall–Kier alpha value is -3.51. The maximum Gasteiger partial charge on any atom is 0.573 e. The van der Waals surface area contributed by atoms with Crippen LogP contribution >= 0.6 is 0 Å². The Morgan fingerprint density at radius 3 is 1.84 bits per heavy atom. The third-order valence-corrected chi connectivity index (χ3v) is 7.56. The third-order valence-electron chi connectivity index (χ3n) is 5.62. The summed E-state index contributed by atoms with van der Waals surface area (Å²) in [5.74, 6) is -1.69. The first-order valence-electron chi connectivity index (χ1n) is 11.1. The molecule has 1 aliphatic rings. The first-order chi connectivity index (χ1) is 17.5. The monoisotopic (exact) mass is 540 g/mol. The van der Waals surface area contributed by atoms with Gasteiger partial charge in [0.15, 0.2) is 6.10 Å². The predicted molar refractivity (Wildman–Crippen MR) is 124 cm³/mol. The maximum atomic E-state index is 13.4. The molecule has 196 valence electrons.